The maximum absolute atomic E-state index is 13.0. The van der Waals surface area contributed by atoms with Crippen LogP contribution in [-0.2, 0) is 17.8 Å². The fraction of sp³-hybridized carbons (Fsp3) is 0.500. The molecule has 0 spiro atoms. The van der Waals surface area contributed by atoms with E-state index in [1.54, 1.807) is 18.2 Å². The summed E-state index contributed by atoms with van der Waals surface area (Å²) in [6, 6.07) is 12.9. The van der Waals surface area contributed by atoms with Crippen LogP contribution < -0.4 is 10.6 Å². The first kappa shape index (κ1) is 22.6. The SMILES string of the molecule is CC(C)[C@@H](CN1CCC(c2cccc(O)c2)CC1)NC(=O)[C@H]1Cc2ccc(O)cc2CN1. The number of nitrogens with one attached hydrogen (secondary N) is 2. The Morgan fingerprint density at radius 2 is 1.84 bits per heavy atom. The number of phenolic OH excluding ortho intramolecular Hbond substituents is 2. The van der Waals surface area contributed by atoms with Gasteiger partial charge in [-0.05, 0) is 85.1 Å². The van der Waals surface area contributed by atoms with Gasteiger partial charge in [0.05, 0.1) is 6.04 Å². The molecule has 2 atom stereocenters. The Hall–Kier alpha value is -2.57. The number of carbonyl (C=O) groups excluding carboxylic acids is 1. The smallest absolute Gasteiger partial charge is 0.237 e. The Balaban J connectivity index is 1.30. The number of hydrogen-bond acceptors (Lipinski definition) is 5. The Morgan fingerprint density at radius 1 is 1.09 bits per heavy atom. The van der Waals surface area contributed by atoms with Crippen molar-refractivity contribution in [1.29, 1.82) is 0 Å². The molecule has 2 aromatic rings. The van der Waals surface area contributed by atoms with Crippen molar-refractivity contribution >= 4 is 5.91 Å². The molecule has 4 rings (SSSR count). The summed E-state index contributed by atoms with van der Waals surface area (Å²) in [5, 5.41) is 26.1. The largest absolute Gasteiger partial charge is 0.508 e. The Kier molecular flexibility index (Phi) is 7.01. The summed E-state index contributed by atoms with van der Waals surface area (Å²) in [7, 11) is 0. The number of amides is 1. The molecular formula is C26H35N3O3. The number of hydrogen-bond donors (Lipinski definition) is 4. The lowest BCUT2D eigenvalue weighted by molar-refractivity contribution is -0.124. The summed E-state index contributed by atoms with van der Waals surface area (Å²) in [5.74, 6) is 1.48. The first-order valence-corrected chi connectivity index (χ1v) is 11.7. The zero-order valence-electron chi connectivity index (χ0n) is 19.1. The van der Waals surface area contributed by atoms with Gasteiger partial charge in [0.2, 0.25) is 5.91 Å². The van der Waals surface area contributed by atoms with E-state index in [-0.39, 0.29) is 23.7 Å². The third kappa shape index (κ3) is 5.43. The predicted molar refractivity (Wildman–Crippen MR) is 126 cm³/mol. The molecule has 0 unspecified atom stereocenters. The minimum Gasteiger partial charge on any atom is -0.508 e. The summed E-state index contributed by atoms with van der Waals surface area (Å²) in [5.41, 5.74) is 3.40. The summed E-state index contributed by atoms with van der Waals surface area (Å²) in [6.07, 6.45) is 2.77. The molecule has 2 heterocycles. The molecule has 0 aliphatic carbocycles. The van der Waals surface area contributed by atoms with E-state index in [0.29, 0.717) is 30.6 Å². The van der Waals surface area contributed by atoms with Crippen LogP contribution in [0.4, 0.5) is 0 Å². The quantitative estimate of drug-likeness (QED) is 0.558. The molecule has 4 N–H and O–H groups in total. The lowest BCUT2D eigenvalue weighted by Crippen LogP contribution is -2.54. The third-order valence-corrected chi connectivity index (χ3v) is 6.99. The van der Waals surface area contributed by atoms with Gasteiger partial charge < -0.3 is 25.7 Å². The second kappa shape index (κ2) is 9.92. The van der Waals surface area contributed by atoms with Crippen LogP contribution in [0, 0.1) is 5.92 Å². The van der Waals surface area contributed by atoms with Crippen LogP contribution in [-0.4, -0.2) is 52.7 Å². The molecule has 172 valence electrons. The van der Waals surface area contributed by atoms with Gasteiger partial charge in [-0.2, -0.15) is 0 Å². The first-order chi connectivity index (χ1) is 15.4. The third-order valence-electron chi connectivity index (χ3n) is 6.99. The van der Waals surface area contributed by atoms with E-state index in [1.807, 2.05) is 18.2 Å². The van der Waals surface area contributed by atoms with Gasteiger partial charge in [-0.3, -0.25) is 4.79 Å². The first-order valence-electron chi connectivity index (χ1n) is 11.7. The molecule has 6 heteroatoms. The van der Waals surface area contributed by atoms with Crippen LogP contribution in [0.3, 0.4) is 0 Å². The van der Waals surface area contributed by atoms with E-state index in [4.69, 9.17) is 0 Å². The molecule has 6 nitrogen and oxygen atoms in total. The average Bonchev–Trinajstić information content (AvgIpc) is 2.78. The number of aromatic hydroxyl groups is 2. The van der Waals surface area contributed by atoms with Crippen molar-refractivity contribution in [2.75, 3.05) is 19.6 Å². The van der Waals surface area contributed by atoms with Gasteiger partial charge >= 0.3 is 0 Å². The Labute approximate surface area is 190 Å². The van der Waals surface area contributed by atoms with Crippen LogP contribution >= 0.6 is 0 Å². The second-order valence-electron chi connectivity index (χ2n) is 9.62. The number of fused-ring (bicyclic) bond motifs is 1. The standard InChI is InChI=1S/C26H35N3O3/c1-17(2)25(16-29-10-8-18(9-11-29)19-4-3-5-22(30)12-19)28-26(32)24-14-20-6-7-23(31)13-21(20)15-27-24/h3-7,12-13,17-18,24-25,27,30-31H,8-11,14-16H2,1-2H3,(H,28,32)/t24-,25-/m1/s1. The van der Waals surface area contributed by atoms with Crippen LogP contribution in [0.1, 0.15) is 49.3 Å². The minimum absolute atomic E-state index is 0.0528. The van der Waals surface area contributed by atoms with Crippen LogP contribution in [0.2, 0.25) is 0 Å². The van der Waals surface area contributed by atoms with Gasteiger partial charge in [-0.15, -0.1) is 0 Å². The van der Waals surface area contributed by atoms with Crippen molar-refractivity contribution in [2.45, 2.75) is 57.7 Å². The average molecular weight is 438 g/mol. The summed E-state index contributed by atoms with van der Waals surface area (Å²) >= 11 is 0. The van der Waals surface area contributed by atoms with Crippen LogP contribution in [0.25, 0.3) is 0 Å². The van der Waals surface area contributed by atoms with Gasteiger partial charge in [0, 0.05) is 19.1 Å². The number of rotatable bonds is 6. The van der Waals surface area contributed by atoms with E-state index in [1.165, 1.54) is 5.56 Å². The number of nitrogens with zero attached hydrogens (tertiary/aromatic N) is 1. The van der Waals surface area contributed by atoms with Crippen molar-refractivity contribution in [2.24, 2.45) is 5.92 Å². The number of carbonyl (C=O) groups is 1. The molecule has 0 radical (unpaired) electrons. The van der Waals surface area contributed by atoms with Crippen molar-refractivity contribution in [1.82, 2.24) is 15.5 Å². The highest BCUT2D eigenvalue weighted by molar-refractivity contribution is 5.82. The number of benzene rings is 2. The van der Waals surface area contributed by atoms with Gasteiger partial charge in [0.1, 0.15) is 11.5 Å². The molecular weight excluding hydrogens is 402 g/mol. The van der Waals surface area contributed by atoms with Crippen molar-refractivity contribution in [3.63, 3.8) is 0 Å². The molecule has 1 amide bonds. The number of piperidine rings is 1. The van der Waals surface area contributed by atoms with Gasteiger partial charge in [0.15, 0.2) is 0 Å². The molecule has 0 bridgehead atoms. The van der Waals surface area contributed by atoms with Gasteiger partial charge in [-0.25, -0.2) is 0 Å². The molecule has 0 saturated carbocycles. The molecule has 2 aliphatic heterocycles. The van der Waals surface area contributed by atoms with Crippen molar-refractivity contribution < 1.29 is 15.0 Å². The molecule has 2 aliphatic rings. The minimum atomic E-state index is -0.246. The van der Waals surface area contributed by atoms with E-state index in [9.17, 15) is 15.0 Å². The molecule has 1 saturated heterocycles. The van der Waals surface area contributed by atoms with Crippen molar-refractivity contribution in [3.05, 3.63) is 59.2 Å². The van der Waals surface area contributed by atoms with Crippen LogP contribution in [0.15, 0.2) is 42.5 Å². The molecule has 32 heavy (non-hydrogen) atoms. The highest BCUT2D eigenvalue weighted by Crippen LogP contribution is 2.30. The maximum atomic E-state index is 13.0. The topological polar surface area (TPSA) is 84.8 Å². The van der Waals surface area contributed by atoms with E-state index in [2.05, 4.69) is 35.4 Å². The van der Waals surface area contributed by atoms with E-state index < -0.39 is 0 Å². The zero-order chi connectivity index (χ0) is 22.7. The van der Waals surface area contributed by atoms with Crippen LogP contribution in [0.5, 0.6) is 11.5 Å². The molecule has 1 fully saturated rings. The molecule has 0 aromatic heterocycles. The molecule has 2 aromatic carbocycles. The highest BCUT2D eigenvalue weighted by atomic mass is 16.3. The number of phenols is 2. The lowest BCUT2D eigenvalue weighted by atomic mass is 9.89. The van der Waals surface area contributed by atoms with Gasteiger partial charge in [-0.1, -0.05) is 32.0 Å². The predicted octanol–water partition coefficient (Wildman–Crippen LogP) is 3.13. The highest BCUT2D eigenvalue weighted by Gasteiger charge is 2.29. The monoisotopic (exact) mass is 437 g/mol. The number of likely N-dealkylation sites (tertiary alicyclic amines) is 1. The summed E-state index contributed by atoms with van der Waals surface area (Å²) < 4.78 is 0. The summed E-state index contributed by atoms with van der Waals surface area (Å²) in [4.78, 5) is 15.5. The Morgan fingerprint density at radius 3 is 2.56 bits per heavy atom. The second-order valence-corrected chi connectivity index (χ2v) is 9.62. The van der Waals surface area contributed by atoms with E-state index in [0.717, 1.165) is 43.6 Å². The van der Waals surface area contributed by atoms with Crippen molar-refractivity contribution in [3.8, 4) is 11.5 Å². The normalized spacial score (nSPS) is 20.7. The van der Waals surface area contributed by atoms with E-state index >= 15 is 0 Å². The fourth-order valence-electron chi connectivity index (χ4n) is 4.90. The maximum Gasteiger partial charge on any atom is 0.237 e. The Bertz CT molecular complexity index is 938. The fourth-order valence-corrected chi connectivity index (χ4v) is 4.90. The zero-order valence-corrected chi connectivity index (χ0v) is 19.1. The lowest BCUT2D eigenvalue weighted by Gasteiger charge is -2.36. The van der Waals surface area contributed by atoms with Gasteiger partial charge in [0.25, 0.3) is 0 Å². The summed E-state index contributed by atoms with van der Waals surface area (Å²) in [6.45, 7) is 7.77.